The number of hydrogen-bond donors (Lipinski definition) is 1. The molecule has 1 heterocycles. The molecule has 1 aliphatic heterocycles. The molecular weight excluding hydrogens is 148 g/mol. The molecule has 0 spiro atoms. The second kappa shape index (κ2) is 4.24. The van der Waals surface area contributed by atoms with Crippen molar-refractivity contribution in [3.8, 4) is 0 Å². The standard InChI is InChI=1S/C10H22N2/c1-8(2)12(4)7-10-9(3)5-6-11-10/h8-11H,5-7H2,1-4H3. The molecule has 0 aromatic heterocycles. The quantitative estimate of drug-likeness (QED) is 0.687. The normalized spacial score (nSPS) is 30.5. The molecule has 1 N–H and O–H groups in total. The van der Waals surface area contributed by atoms with Gasteiger partial charge < -0.3 is 10.2 Å². The molecular formula is C10H22N2. The second-order valence-electron chi connectivity index (χ2n) is 4.36. The number of likely N-dealkylation sites (N-methyl/N-ethyl adjacent to an activating group) is 1. The molecule has 1 aliphatic rings. The van der Waals surface area contributed by atoms with Crippen LogP contribution in [0.15, 0.2) is 0 Å². The van der Waals surface area contributed by atoms with Gasteiger partial charge in [-0.2, -0.15) is 0 Å². The summed E-state index contributed by atoms with van der Waals surface area (Å²) in [4.78, 5) is 2.42. The van der Waals surface area contributed by atoms with Gasteiger partial charge in [0.2, 0.25) is 0 Å². The zero-order valence-corrected chi connectivity index (χ0v) is 8.80. The largest absolute Gasteiger partial charge is 0.312 e. The Balaban J connectivity index is 2.30. The van der Waals surface area contributed by atoms with Gasteiger partial charge in [0.1, 0.15) is 0 Å². The molecule has 2 unspecified atom stereocenters. The van der Waals surface area contributed by atoms with E-state index in [9.17, 15) is 0 Å². The summed E-state index contributed by atoms with van der Waals surface area (Å²) in [5.41, 5.74) is 0. The Morgan fingerprint density at radius 3 is 2.58 bits per heavy atom. The molecule has 0 saturated carbocycles. The fourth-order valence-corrected chi connectivity index (χ4v) is 1.66. The fraction of sp³-hybridized carbons (Fsp3) is 1.00. The van der Waals surface area contributed by atoms with E-state index in [1.54, 1.807) is 0 Å². The Bertz CT molecular complexity index is 134. The van der Waals surface area contributed by atoms with Crippen molar-refractivity contribution in [3.05, 3.63) is 0 Å². The van der Waals surface area contributed by atoms with Gasteiger partial charge in [0.15, 0.2) is 0 Å². The maximum atomic E-state index is 3.55. The van der Waals surface area contributed by atoms with E-state index in [1.165, 1.54) is 19.5 Å². The van der Waals surface area contributed by atoms with Gasteiger partial charge in [-0.15, -0.1) is 0 Å². The highest BCUT2D eigenvalue weighted by atomic mass is 15.2. The van der Waals surface area contributed by atoms with E-state index in [0.29, 0.717) is 6.04 Å². The van der Waals surface area contributed by atoms with Crippen LogP contribution >= 0.6 is 0 Å². The zero-order chi connectivity index (χ0) is 9.14. The van der Waals surface area contributed by atoms with Gasteiger partial charge in [-0.3, -0.25) is 0 Å². The highest BCUT2D eigenvalue weighted by Gasteiger charge is 2.23. The van der Waals surface area contributed by atoms with Gasteiger partial charge in [0.25, 0.3) is 0 Å². The lowest BCUT2D eigenvalue weighted by Crippen LogP contribution is -2.41. The van der Waals surface area contributed by atoms with Crippen LogP contribution in [0.2, 0.25) is 0 Å². The minimum atomic E-state index is 0.666. The summed E-state index contributed by atoms with van der Waals surface area (Å²) in [6, 6.07) is 1.39. The van der Waals surface area contributed by atoms with E-state index in [1.807, 2.05) is 0 Å². The van der Waals surface area contributed by atoms with E-state index in [4.69, 9.17) is 0 Å². The predicted octanol–water partition coefficient (Wildman–Crippen LogP) is 1.32. The van der Waals surface area contributed by atoms with Crippen LogP contribution in [0.1, 0.15) is 27.2 Å². The average Bonchev–Trinajstić information content (AvgIpc) is 2.36. The van der Waals surface area contributed by atoms with Crippen molar-refractivity contribution in [1.29, 1.82) is 0 Å². The van der Waals surface area contributed by atoms with Crippen molar-refractivity contribution in [3.63, 3.8) is 0 Å². The number of hydrogen-bond acceptors (Lipinski definition) is 2. The summed E-state index contributed by atoms with van der Waals surface area (Å²) in [5.74, 6) is 0.853. The van der Waals surface area contributed by atoms with Crippen molar-refractivity contribution in [2.24, 2.45) is 5.92 Å². The zero-order valence-electron chi connectivity index (χ0n) is 8.80. The molecule has 0 aromatic carbocycles. The summed E-state index contributed by atoms with van der Waals surface area (Å²) < 4.78 is 0. The molecule has 1 fully saturated rings. The first kappa shape index (κ1) is 10.0. The fourth-order valence-electron chi connectivity index (χ4n) is 1.66. The molecule has 2 heteroatoms. The van der Waals surface area contributed by atoms with Gasteiger partial charge in [0.05, 0.1) is 0 Å². The SMILES string of the molecule is CC1CCNC1CN(C)C(C)C. The van der Waals surface area contributed by atoms with Crippen molar-refractivity contribution in [2.75, 3.05) is 20.1 Å². The number of nitrogens with one attached hydrogen (secondary N) is 1. The summed E-state index contributed by atoms with van der Waals surface area (Å²) in [6.45, 7) is 9.24. The Kier molecular flexibility index (Phi) is 3.53. The summed E-state index contributed by atoms with van der Waals surface area (Å²) >= 11 is 0. The lowest BCUT2D eigenvalue weighted by atomic mass is 10.0. The van der Waals surface area contributed by atoms with E-state index in [-0.39, 0.29) is 0 Å². The highest BCUT2D eigenvalue weighted by molar-refractivity contribution is 4.83. The van der Waals surface area contributed by atoms with Crippen LogP contribution in [0, 0.1) is 5.92 Å². The van der Waals surface area contributed by atoms with Crippen LogP contribution in [-0.2, 0) is 0 Å². The van der Waals surface area contributed by atoms with Crippen LogP contribution < -0.4 is 5.32 Å². The lowest BCUT2D eigenvalue weighted by Gasteiger charge is -2.26. The monoisotopic (exact) mass is 170 g/mol. The van der Waals surface area contributed by atoms with Crippen molar-refractivity contribution in [1.82, 2.24) is 10.2 Å². The van der Waals surface area contributed by atoms with Crippen molar-refractivity contribution >= 4 is 0 Å². The van der Waals surface area contributed by atoms with Gasteiger partial charge in [-0.1, -0.05) is 6.92 Å². The summed E-state index contributed by atoms with van der Waals surface area (Å²) in [5, 5.41) is 3.55. The Morgan fingerprint density at radius 2 is 2.17 bits per heavy atom. The van der Waals surface area contributed by atoms with Crippen LogP contribution in [0.3, 0.4) is 0 Å². The van der Waals surface area contributed by atoms with Crippen LogP contribution in [0.5, 0.6) is 0 Å². The third kappa shape index (κ3) is 2.46. The lowest BCUT2D eigenvalue weighted by molar-refractivity contribution is 0.233. The average molecular weight is 170 g/mol. The molecule has 72 valence electrons. The van der Waals surface area contributed by atoms with Gasteiger partial charge >= 0.3 is 0 Å². The maximum absolute atomic E-state index is 3.55. The van der Waals surface area contributed by atoms with Crippen LogP contribution in [-0.4, -0.2) is 37.1 Å². The van der Waals surface area contributed by atoms with Crippen LogP contribution in [0.25, 0.3) is 0 Å². The molecule has 12 heavy (non-hydrogen) atoms. The highest BCUT2D eigenvalue weighted by Crippen LogP contribution is 2.15. The van der Waals surface area contributed by atoms with E-state index in [2.05, 4.69) is 38.0 Å². The molecule has 0 radical (unpaired) electrons. The molecule has 0 bridgehead atoms. The summed E-state index contributed by atoms with van der Waals surface area (Å²) in [7, 11) is 2.21. The van der Waals surface area contributed by atoms with Gasteiger partial charge in [-0.25, -0.2) is 0 Å². The molecule has 0 aromatic rings. The van der Waals surface area contributed by atoms with E-state index >= 15 is 0 Å². The topological polar surface area (TPSA) is 15.3 Å². The van der Waals surface area contributed by atoms with E-state index in [0.717, 1.165) is 12.0 Å². The first-order valence-electron chi connectivity index (χ1n) is 5.05. The first-order valence-corrected chi connectivity index (χ1v) is 5.05. The molecule has 0 amide bonds. The molecule has 2 atom stereocenters. The minimum Gasteiger partial charge on any atom is -0.312 e. The number of rotatable bonds is 3. The van der Waals surface area contributed by atoms with Crippen LogP contribution in [0.4, 0.5) is 0 Å². The smallest absolute Gasteiger partial charge is 0.0221 e. The summed E-state index contributed by atoms with van der Waals surface area (Å²) in [6.07, 6.45) is 1.34. The third-order valence-electron chi connectivity index (χ3n) is 3.06. The Labute approximate surface area is 76.3 Å². The Morgan fingerprint density at radius 1 is 1.50 bits per heavy atom. The van der Waals surface area contributed by atoms with Gasteiger partial charge in [-0.05, 0) is 39.8 Å². The Hall–Kier alpha value is -0.0800. The molecule has 1 rings (SSSR count). The number of nitrogens with zero attached hydrogens (tertiary/aromatic N) is 1. The van der Waals surface area contributed by atoms with E-state index < -0.39 is 0 Å². The molecule has 2 nitrogen and oxygen atoms in total. The molecule has 0 aliphatic carbocycles. The maximum Gasteiger partial charge on any atom is 0.0221 e. The minimum absolute atomic E-state index is 0.666. The predicted molar refractivity (Wildman–Crippen MR) is 53.3 cm³/mol. The third-order valence-corrected chi connectivity index (χ3v) is 3.06. The first-order chi connectivity index (χ1) is 5.61. The van der Waals surface area contributed by atoms with Gasteiger partial charge in [0, 0.05) is 18.6 Å². The van der Waals surface area contributed by atoms with Crippen molar-refractivity contribution < 1.29 is 0 Å². The van der Waals surface area contributed by atoms with Crippen molar-refractivity contribution in [2.45, 2.75) is 39.3 Å². The molecule has 1 saturated heterocycles. The second-order valence-corrected chi connectivity index (χ2v) is 4.36.